The van der Waals surface area contributed by atoms with Gasteiger partial charge in [0, 0.05) is 30.3 Å². The van der Waals surface area contributed by atoms with E-state index >= 15 is 0 Å². The van der Waals surface area contributed by atoms with Crippen LogP contribution in [0.4, 0.5) is 5.69 Å². The number of ether oxygens (including phenoxy) is 1. The van der Waals surface area contributed by atoms with E-state index in [2.05, 4.69) is 20.2 Å². The summed E-state index contributed by atoms with van der Waals surface area (Å²) in [6, 6.07) is 22.7. The van der Waals surface area contributed by atoms with Crippen LogP contribution in [0.15, 0.2) is 88.2 Å². The van der Waals surface area contributed by atoms with Gasteiger partial charge in [0.15, 0.2) is 6.61 Å². The molecule has 0 saturated heterocycles. The van der Waals surface area contributed by atoms with Gasteiger partial charge in [-0.3, -0.25) is 4.79 Å². The highest BCUT2D eigenvalue weighted by Gasteiger charge is 2.14. The Labute approximate surface area is 203 Å². The molecule has 0 atom stereocenters. The summed E-state index contributed by atoms with van der Waals surface area (Å²) < 4.78 is 38.4. The van der Waals surface area contributed by atoms with Gasteiger partial charge in [-0.1, -0.05) is 42.0 Å². The molecule has 180 valence electrons. The summed E-state index contributed by atoms with van der Waals surface area (Å²) in [5.74, 6) is 0.892. The largest absolute Gasteiger partial charge is 0.484 e. The molecule has 0 saturated carbocycles. The van der Waals surface area contributed by atoms with E-state index in [1.165, 1.54) is 12.1 Å². The van der Waals surface area contributed by atoms with E-state index in [9.17, 15) is 13.2 Å². The standard InChI is InChI=1S/C25H24N4O5S/c1-18-10-12-22(13-11-18)35(31,32)26-15-14-23(30)27-20-8-5-9-21(16-20)33-17-24-28-29-25(34-24)19-6-3-2-4-7-19/h2-13,16,26H,14-15,17H2,1H3,(H,27,30). The first-order valence-corrected chi connectivity index (χ1v) is 12.3. The number of benzene rings is 3. The van der Waals surface area contributed by atoms with Crippen molar-refractivity contribution in [1.29, 1.82) is 0 Å². The summed E-state index contributed by atoms with van der Waals surface area (Å²) in [6.07, 6.45) is -0.0274. The number of rotatable bonds is 10. The quantitative estimate of drug-likeness (QED) is 0.344. The van der Waals surface area contributed by atoms with E-state index in [1.807, 2.05) is 37.3 Å². The van der Waals surface area contributed by atoms with Crippen LogP contribution in [0.2, 0.25) is 0 Å². The Balaban J connectivity index is 1.26. The topological polar surface area (TPSA) is 123 Å². The van der Waals surface area contributed by atoms with Gasteiger partial charge in [0.25, 0.3) is 5.89 Å². The smallest absolute Gasteiger partial charge is 0.254 e. The predicted molar refractivity (Wildman–Crippen MR) is 130 cm³/mol. The number of hydrogen-bond acceptors (Lipinski definition) is 7. The Morgan fingerprint density at radius 3 is 2.51 bits per heavy atom. The van der Waals surface area contributed by atoms with E-state index in [1.54, 1.807) is 36.4 Å². The normalized spacial score (nSPS) is 11.2. The molecule has 3 aromatic carbocycles. The zero-order valence-corrected chi connectivity index (χ0v) is 19.8. The first-order chi connectivity index (χ1) is 16.9. The van der Waals surface area contributed by atoms with E-state index in [0.29, 0.717) is 23.2 Å². The van der Waals surface area contributed by atoms with Crippen LogP contribution in [0.3, 0.4) is 0 Å². The van der Waals surface area contributed by atoms with Crippen molar-refractivity contribution in [2.45, 2.75) is 24.8 Å². The van der Waals surface area contributed by atoms with Gasteiger partial charge in [0.05, 0.1) is 4.90 Å². The third-order valence-electron chi connectivity index (χ3n) is 4.94. The van der Waals surface area contributed by atoms with Crippen molar-refractivity contribution in [2.75, 3.05) is 11.9 Å². The van der Waals surface area contributed by atoms with Crippen molar-refractivity contribution in [3.05, 3.63) is 90.3 Å². The maximum Gasteiger partial charge on any atom is 0.254 e. The van der Waals surface area contributed by atoms with Crippen molar-refractivity contribution < 1.29 is 22.4 Å². The molecular formula is C25H24N4O5S. The first kappa shape index (κ1) is 24.1. The van der Waals surface area contributed by atoms with Crippen LogP contribution in [-0.4, -0.2) is 31.1 Å². The number of sulfonamides is 1. The SMILES string of the molecule is Cc1ccc(S(=O)(=O)NCCC(=O)Nc2cccc(OCc3nnc(-c4ccccc4)o3)c2)cc1. The molecule has 1 heterocycles. The number of hydrogen-bond donors (Lipinski definition) is 2. The molecule has 10 heteroatoms. The lowest BCUT2D eigenvalue weighted by molar-refractivity contribution is -0.116. The summed E-state index contributed by atoms with van der Waals surface area (Å²) in [5.41, 5.74) is 2.30. The lowest BCUT2D eigenvalue weighted by Crippen LogP contribution is -2.27. The Bertz CT molecular complexity index is 1390. The van der Waals surface area contributed by atoms with Crippen LogP contribution >= 0.6 is 0 Å². The number of aryl methyl sites for hydroxylation is 1. The Kier molecular flexibility index (Phi) is 7.54. The van der Waals surface area contributed by atoms with E-state index in [4.69, 9.17) is 9.15 Å². The second-order valence-electron chi connectivity index (χ2n) is 7.69. The number of carbonyl (C=O) groups excluding carboxylic acids is 1. The molecule has 35 heavy (non-hydrogen) atoms. The number of nitrogens with one attached hydrogen (secondary N) is 2. The first-order valence-electron chi connectivity index (χ1n) is 10.9. The Morgan fingerprint density at radius 1 is 0.971 bits per heavy atom. The third kappa shape index (κ3) is 6.75. The molecule has 0 aliphatic heterocycles. The van der Waals surface area contributed by atoms with Crippen molar-refractivity contribution in [3.63, 3.8) is 0 Å². The number of aromatic nitrogens is 2. The van der Waals surface area contributed by atoms with Gasteiger partial charge in [0.2, 0.25) is 21.8 Å². The number of carbonyl (C=O) groups is 1. The average molecular weight is 493 g/mol. The maximum atomic E-state index is 12.3. The Morgan fingerprint density at radius 2 is 1.74 bits per heavy atom. The minimum Gasteiger partial charge on any atom is -0.484 e. The van der Waals surface area contributed by atoms with Crippen LogP contribution in [0, 0.1) is 6.92 Å². The minimum atomic E-state index is -3.67. The molecule has 2 N–H and O–H groups in total. The second kappa shape index (κ2) is 10.9. The molecule has 0 unspecified atom stereocenters. The summed E-state index contributed by atoms with van der Waals surface area (Å²) >= 11 is 0. The summed E-state index contributed by atoms with van der Waals surface area (Å²) in [4.78, 5) is 12.4. The molecule has 9 nitrogen and oxygen atoms in total. The van der Waals surface area contributed by atoms with Crippen LogP contribution < -0.4 is 14.8 Å². The maximum absolute atomic E-state index is 12.3. The molecule has 0 fully saturated rings. The molecule has 0 radical (unpaired) electrons. The lowest BCUT2D eigenvalue weighted by atomic mass is 10.2. The molecule has 4 rings (SSSR count). The second-order valence-corrected chi connectivity index (χ2v) is 9.46. The highest BCUT2D eigenvalue weighted by atomic mass is 32.2. The van der Waals surface area contributed by atoms with Crippen molar-refractivity contribution >= 4 is 21.6 Å². The number of nitrogens with zero attached hydrogens (tertiary/aromatic N) is 2. The highest BCUT2D eigenvalue weighted by Crippen LogP contribution is 2.21. The molecule has 0 aliphatic rings. The third-order valence-corrected chi connectivity index (χ3v) is 6.42. The van der Waals surface area contributed by atoms with Crippen LogP contribution in [0.5, 0.6) is 5.75 Å². The zero-order chi connectivity index (χ0) is 24.7. The summed E-state index contributed by atoms with van der Waals surface area (Å²) in [6.45, 7) is 1.91. The molecule has 1 amide bonds. The van der Waals surface area contributed by atoms with Gasteiger partial charge in [0.1, 0.15) is 5.75 Å². The van der Waals surface area contributed by atoms with E-state index in [-0.39, 0.29) is 30.4 Å². The number of anilines is 1. The fourth-order valence-electron chi connectivity index (χ4n) is 3.14. The van der Waals surface area contributed by atoms with E-state index < -0.39 is 10.0 Å². The summed E-state index contributed by atoms with van der Waals surface area (Å²) in [5, 5.41) is 10.7. The Hall–Kier alpha value is -4.02. The van der Waals surface area contributed by atoms with Gasteiger partial charge in [-0.2, -0.15) is 0 Å². The average Bonchev–Trinajstić information content (AvgIpc) is 3.33. The van der Waals surface area contributed by atoms with Crippen LogP contribution in [0.25, 0.3) is 11.5 Å². The lowest BCUT2D eigenvalue weighted by Gasteiger charge is -2.09. The van der Waals surface area contributed by atoms with Gasteiger partial charge in [-0.25, -0.2) is 13.1 Å². The van der Waals surface area contributed by atoms with Crippen molar-refractivity contribution in [2.24, 2.45) is 0 Å². The van der Waals surface area contributed by atoms with Gasteiger partial charge >= 0.3 is 0 Å². The minimum absolute atomic E-state index is 0.0274. The van der Waals surface area contributed by atoms with Crippen LogP contribution in [0.1, 0.15) is 17.9 Å². The van der Waals surface area contributed by atoms with Gasteiger partial charge in [-0.15, -0.1) is 10.2 Å². The molecule has 0 spiro atoms. The fourth-order valence-corrected chi connectivity index (χ4v) is 4.17. The predicted octanol–water partition coefficient (Wildman–Crippen LogP) is 3.93. The van der Waals surface area contributed by atoms with Gasteiger partial charge < -0.3 is 14.5 Å². The molecule has 0 aliphatic carbocycles. The highest BCUT2D eigenvalue weighted by molar-refractivity contribution is 7.89. The van der Waals surface area contributed by atoms with E-state index in [0.717, 1.165) is 11.1 Å². The van der Waals surface area contributed by atoms with Crippen molar-refractivity contribution in [3.8, 4) is 17.2 Å². The van der Waals surface area contributed by atoms with Gasteiger partial charge in [-0.05, 0) is 43.3 Å². The molecule has 0 bridgehead atoms. The summed E-state index contributed by atoms with van der Waals surface area (Å²) in [7, 11) is -3.67. The van der Waals surface area contributed by atoms with Crippen molar-refractivity contribution in [1.82, 2.24) is 14.9 Å². The van der Waals surface area contributed by atoms with Crippen LogP contribution in [-0.2, 0) is 21.4 Å². The molecule has 1 aromatic heterocycles. The zero-order valence-electron chi connectivity index (χ0n) is 19.0. The molecule has 4 aromatic rings. The fraction of sp³-hybridized carbons (Fsp3) is 0.160. The number of amides is 1. The molecular weight excluding hydrogens is 468 g/mol. The monoisotopic (exact) mass is 492 g/mol.